The largest absolute Gasteiger partial charge is 0.325 e. The molecule has 0 saturated heterocycles. The number of hydrogen-bond donors (Lipinski definition) is 1. The summed E-state index contributed by atoms with van der Waals surface area (Å²) in [5.41, 5.74) is 1.83. The molecule has 0 unspecified atom stereocenters. The summed E-state index contributed by atoms with van der Waals surface area (Å²) in [4.78, 5) is 12.7. The van der Waals surface area contributed by atoms with E-state index in [9.17, 15) is 13.2 Å². The minimum atomic E-state index is -3.85. The molecule has 0 bridgehead atoms. The molecule has 7 heteroatoms. The third-order valence-electron chi connectivity index (χ3n) is 4.47. The fourth-order valence-corrected chi connectivity index (χ4v) is 4.37. The zero-order valence-corrected chi connectivity index (χ0v) is 17.0. The smallest absolute Gasteiger partial charge is 0.243 e. The van der Waals surface area contributed by atoms with Crippen LogP contribution in [-0.2, 0) is 21.2 Å². The normalized spacial score (nSPS) is 11.1. The monoisotopic (exact) mass is 419 g/mol. The SMILES string of the molecule is N#Cc1cccc(NC(=O)CN(CCc2ccccc2)S(=O)(=O)c2ccccc2)c1. The summed E-state index contributed by atoms with van der Waals surface area (Å²) in [6.07, 6.45) is 0.476. The highest BCUT2D eigenvalue weighted by atomic mass is 32.2. The quantitative estimate of drug-likeness (QED) is 0.606. The van der Waals surface area contributed by atoms with Crippen LogP contribution in [0.4, 0.5) is 5.69 Å². The van der Waals surface area contributed by atoms with Crippen LogP contribution < -0.4 is 5.32 Å². The third-order valence-corrected chi connectivity index (χ3v) is 6.33. The number of sulfonamides is 1. The number of anilines is 1. The van der Waals surface area contributed by atoms with Crippen LogP contribution >= 0.6 is 0 Å². The van der Waals surface area contributed by atoms with Crippen molar-refractivity contribution in [2.24, 2.45) is 0 Å². The highest BCUT2D eigenvalue weighted by Crippen LogP contribution is 2.17. The second-order valence-corrected chi connectivity index (χ2v) is 8.57. The van der Waals surface area contributed by atoms with Crippen molar-refractivity contribution in [3.05, 3.63) is 96.1 Å². The molecular weight excluding hydrogens is 398 g/mol. The first-order valence-corrected chi connectivity index (χ1v) is 10.8. The summed E-state index contributed by atoms with van der Waals surface area (Å²) in [6, 6.07) is 26.0. The van der Waals surface area contributed by atoms with Crippen LogP contribution in [0.25, 0.3) is 0 Å². The molecule has 0 aliphatic heterocycles. The first-order valence-electron chi connectivity index (χ1n) is 9.38. The molecule has 0 aliphatic rings. The van der Waals surface area contributed by atoms with Gasteiger partial charge in [-0.25, -0.2) is 8.42 Å². The Morgan fingerprint density at radius 3 is 2.27 bits per heavy atom. The molecule has 3 aromatic carbocycles. The molecule has 0 fully saturated rings. The Bertz CT molecular complexity index is 1140. The third kappa shape index (κ3) is 5.54. The molecule has 3 aromatic rings. The molecule has 0 atom stereocenters. The van der Waals surface area contributed by atoms with E-state index in [0.717, 1.165) is 5.56 Å². The molecule has 152 valence electrons. The lowest BCUT2D eigenvalue weighted by molar-refractivity contribution is -0.116. The van der Waals surface area contributed by atoms with Gasteiger partial charge in [-0.05, 0) is 42.3 Å². The highest BCUT2D eigenvalue weighted by Gasteiger charge is 2.26. The Morgan fingerprint density at radius 1 is 0.933 bits per heavy atom. The van der Waals surface area contributed by atoms with E-state index in [1.54, 1.807) is 36.4 Å². The Labute approximate surface area is 176 Å². The number of rotatable bonds is 8. The summed E-state index contributed by atoms with van der Waals surface area (Å²) in [7, 11) is -3.85. The van der Waals surface area contributed by atoms with Crippen molar-refractivity contribution in [3.8, 4) is 6.07 Å². The predicted octanol–water partition coefficient (Wildman–Crippen LogP) is 3.43. The Kier molecular flexibility index (Phi) is 6.96. The van der Waals surface area contributed by atoms with Crippen LogP contribution in [0.15, 0.2) is 89.8 Å². The van der Waals surface area contributed by atoms with Crippen LogP contribution in [0.1, 0.15) is 11.1 Å². The van der Waals surface area contributed by atoms with Crippen LogP contribution in [0.2, 0.25) is 0 Å². The van der Waals surface area contributed by atoms with Crippen molar-refractivity contribution in [1.29, 1.82) is 5.26 Å². The molecule has 0 saturated carbocycles. The summed E-state index contributed by atoms with van der Waals surface area (Å²) in [6.45, 7) is -0.173. The molecule has 0 aliphatic carbocycles. The van der Waals surface area contributed by atoms with Gasteiger partial charge in [0.1, 0.15) is 0 Å². The van der Waals surface area contributed by atoms with Gasteiger partial charge >= 0.3 is 0 Å². The topological polar surface area (TPSA) is 90.3 Å². The molecule has 0 spiro atoms. The second kappa shape index (κ2) is 9.83. The number of nitriles is 1. The Morgan fingerprint density at radius 2 is 1.60 bits per heavy atom. The standard InChI is InChI=1S/C23H21N3O3S/c24-17-20-10-7-11-21(16-20)25-23(27)18-26(15-14-19-8-3-1-4-9-19)30(28,29)22-12-5-2-6-13-22/h1-13,16H,14-15,18H2,(H,25,27). The lowest BCUT2D eigenvalue weighted by Gasteiger charge is -2.22. The number of nitrogens with one attached hydrogen (secondary N) is 1. The van der Waals surface area contributed by atoms with Crippen molar-refractivity contribution < 1.29 is 13.2 Å². The van der Waals surface area contributed by atoms with Crippen LogP contribution in [-0.4, -0.2) is 31.7 Å². The highest BCUT2D eigenvalue weighted by molar-refractivity contribution is 7.89. The zero-order valence-electron chi connectivity index (χ0n) is 16.2. The van der Waals surface area contributed by atoms with E-state index in [1.165, 1.54) is 22.5 Å². The summed E-state index contributed by atoms with van der Waals surface area (Å²) < 4.78 is 27.5. The lowest BCUT2D eigenvalue weighted by atomic mass is 10.1. The van der Waals surface area contributed by atoms with E-state index in [4.69, 9.17) is 5.26 Å². The van der Waals surface area contributed by atoms with E-state index >= 15 is 0 Å². The van der Waals surface area contributed by atoms with Gasteiger partial charge in [-0.1, -0.05) is 54.6 Å². The number of carbonyl (C=O) groups excluding carboxylic acids is 1. The number of amides is 1. The van der Waals surface area contributed by atoms with E-state index < -0.39 is 15.9 Å². The fraction of sp³-hybridized carbons (Fsp3) is 0.130. The maximum atomic E-state index is 13.1. The van der Waals surface area contributed by atoms with Crippen LogP contribution in [0, 0.1) is 11.3 Å². The van der Waals surface area contributed by atoms with Gasteiger partial charge in [-0.15, -0.1) is 0 Å². The Hall–Kier alpha value is -3.47. The van der Waals surface area contributed by atoms with E-state index in [0.29, 0.717) is 17.7 Å². The van der Waals surface area contributed by atoms with Crippen molar-refractivity contribution in [3.63, 3.8) is 0 Å². The molecule has 3 rings (SSSR count). The molecule has 1 N–H and O–H groups in total. The first kappa shape index (κ1) is 21.2. The van der Waals surface area contributed by atoms with Gasteiger partial charge in [-0.2, -0.15) is 9.57 Å². The summed E-state index contributed by atoms with van der Waals surface area (Å²) >= 11 is 0. The van der Waals surface area contributed by atoms with E-state index in [-0.39, 0.29) is 18.0 Å². The van der Waals surface area contributed by atoms with Crippen molar-refractivity contribution in [1.82, 2.24) is 4.31 Å². The fourth-order valence-electron chi connectivity index (χ4n) is 2.95. The van der Waals surface area contributed by atoms with Crippen molar-refractivity contribution in [2.75, 3.05) is 18.4 Å². The molecule has 0 aromatic heterocycles. The maximum absolute atomic E-state index is 13.1. The molecule has 0 heterocycles. The average Bonchev–Trinajstić information content (AvgIpc) is 2.78. The molecular formula is C23H21N3O3S. The Balaban J connectivity index is 1.79. The lowest BCUT2D eigenvalue weighted by Crippen LogP contribution is -2.39. The summed E-state index contributed by atoms with van der Waals surface area (Å²) in [5.74, 6) is -0.474. The molecule has 0 radical (unpaired) electrons. The molecule has 30 heavy (non-hydrogen) atoms. The van der Waals surface area contributed by atoms with Crippen molar-refractivity contribution in [2.45, 2.75) is 11.3 Å². The van der Waals surface area contributed by atoms with E-state index in [2.05, 4.69) is 5.32 Å². The average molecular weight is 420 g/mol. The van der Waals surface area contributed by atoms with Gasteiger partial charge in [0.15, 0.2) is 0 Å². The maximum Gasteiger partial charge on any atom is 0.243 e. The van der Waals surface area contributed by atoms with Gasteiger partial charge in [0.2, 0.25) is 15.9 Å². The van der Waals surface area contributed by atoms with Gasteiger partial charge in [0.25, 0.3) is 0 Å². The van der Waals surface area contributed by atoms with Gasteiger partial charge in [0.05, 0.1) is 23.1 Å². The summed E-state index contributed by atoms with van der Waals surface area (Å²) in [5, 5.41) is 11.7. The first-order chi connectivity index (χ1) is 14.5. The van der Waals surface area contributed by atoms with Gasteiger partial charge in [0, 0.05) is 12.2 Å². The predicted molar refractivity (Wildman–Crippen MR) is 115 cm³/mol. The van der Waals surface area contributed by atoms with E-state index in [1.807, 2.05) is 36.4 Å². The second-order valence-electron chi connectivity index (χ2n) is 6.63. The number of hydrogen-bond acceptors (Lipinski definition) is 4. The zero-order chi connectivity index (χ0) is 21.4. The molecule has 6 nitrogen and oxygen atoms in total. The number of nitrogens with zero attached hydrogens (tertiary/aromatic N) is 2. The van der Waals surface area contributed by atoms with Crippen LogP contribution in [0.3, 0.4) is 0 Å². The van der Waals surface area contributed by atoms with Gasteiger partial charge in [-0.3, -0.25) is 4.79 Å². The van der Waals surface area contributed by atoms with Gasteiger partial charge < -0.3 is 5.32 Å². The number of benzene rings is 3. The van der Waals surface area contributed by atoms with Crippen molar-refractivity contribution >= 4 is 21.6 Å². The minimum Gasteiger partial charge on any atom is -0.325 e. The van der Waals surface area contributed by atoms with Crippen LogP contribution in [0.5, 0.6) is 0 Å². The molecule has 1 amide bonds. The number of carbonyl (C=O) groups is 1. The minimum absolute atomic E-state index is 0.136.